The standard InChI is InChI=1S/C12H21N3O/c1-8-4-5-10-14-11(9(2)7-16-3)12(13)15(10)6-8/h8-9H,4-7,13H2,1-3H3. The van der Waals surface area contributed by atoms with Crippen LogP contribution in [0.3, 0.4) is 0 Å². The van der Waals surface area contributed by atoms with Gasteiger partial charge in [-0.05, 0) is 12.3 Å². The van der Waals surface area contributed by atoms with E-state index in [-0.39, 0.29) is 5.92 Å². The molecule has 1 aliphatic rings. The molecule has 0 spiro atoms. The van der Waals surface area contributed by atoms with Crippen molar-refractivity contribution in [3.63, 3.8) is 0 Å². The molecule has 0 fully saturated rings. The minimum Gasteiger partial charge on any atom is -0.384 e. The molecule has 1 aromatic rings. The summed E-state index contributed by atoms with van der Waals surface area (Å²) in [7, 11) is 1.71. The lowest BCUT2D eigenvalue weighted by Crippen LogP contribution is -2.19. The second kappa shape index (κ2) is 4.45. The Kier molecular flexibility index (Phi) is 3.19. The maximum atomic E-state index is 6.16. The van der Waals surface area contributed by atoms with Crippen molar-refractivity contribution in [3.8, 4) is 0 Å². The van der Waals surface area contributed by atoms with Gasteiger partial charge in [-0.15, -0.1) is 0 Å². The van der Waals surface area contributed by atoms with Gasteiger partial charge in [-0.1, -0.05) is 13.8 Å². The average Bonchev–Trinajstić information content (AvgIpc) is 2.57. The second-order valence-corrected chi connectivity index (χ2v) is 4.91. The fourth-order valence-electron chi connectivity index (χ4n) is 2.40. The van der Waals surface area contributed by atoms with Crippen molar-refractivity contribution in [2.45, 2.75) is 39.2 Å². The maximum absolute atomic E-state index is 6.16. The van der Waals surface area contributed by atoms with Crippen LogP contribution in [0.5, 0.6) is 0 Å². The number of rotatable bonds is 3. The lowest BCUT2D eigenvalue weighted by molar-refractivity contribution is 0.183. The Morgan fingerprint density at radius 1 is 1.62 bits per heavy atom. The van der Waals surface area contributed by atoms with E-state index in [0.717, 1.165) is 30.3 Å². The zero-order chi connectivity index (χ0) is 11.7. The lowest BCUT2D eigenvalue weighted by Gasteiger charge is -2.20. The third kappa shape index (κ3) is 1.94. The summed E-state index contributed by atoms with van der Waals surface area (Å²) >= 11 is 0. The minimum absolute atomic E-state index is 0.276. The Bertz CT molecular complexity index is 373. The van der Waals surface area contributed by atoms with Crippen molar-refractivity contribution >= 4 is 5.82 Å². The Morgan fingerprint density at radius 2 is 2.38 bits per heavy atom. The molecule has 1 aliphatic heterocycles. The van der Waals surface area contributed by atoms with Gasteiger partial charge in [0, 0.05) is 26.0 Å². The molecule has 2 heterocycles. The maximum Gasteiger partial charge on any atom is 0.127 e. The van der Waals surface area contributed by atoms with Crippen molar-refractivity contribution < 1.29 is 4.74 Å². The predicted molar refractivity (Wildman–Crippen MR) is 64.4 cm³/mol. The summed E-state index contributed by atoms with van der Waals surface area (Å²) in [5.41, 5.74) is 7.17. The second-order valence-electron chi connectivity index (χ2n) is 4.91. The molecule has 2 rings (SSSR count). The summed E-state index contributed by atoms with van der Waals surface area (Å²) in [5.74, 6) is 2.97. The molecule has 16 heavy (non-hydrogen) atoms. The van der Waals surface area contributed by atoms with Crippen molar-refractivity contribution in [1.82, 2.24) is 9.55 Å². The molecule has 2 atom stereocenters. The van der Waals surface area contributed by atoms with E-state index in [2.05, 4.69) is 23.4 Å². The van der Waals surface area contributed by atoms with Crippen LogP contribution in [0.1, 0.15) is 37.7 Å². The summed E-state index contributed by atoms with van der Waals surface area (Å²) < 4.78 is 7.34. The van der Waals surface area contributed by atoms with Gasteiger partial charge in [0.15, 0.2) is 0 Å². The highest BCUT2D eigenvalue weighted by molar-refractivity contribution is 5.41. The largest absolute Gasteiger partial charge is 0.384 e. The quantitative estimate of drug-likeness (QED) is 0.850. The van der Waals surface area contributed by atoms with Gasteiger partial charge < -0.3 is 15.0 Å². The van der Waals surface area contributed by atoms with Gasteiger partial charge in [-0.2, -0.15) is 0 Å². The molecule has 4 nitrogen and oxygen atoms in total. The monoisotopic (exact) mass is 223 g/mol. The van der Waals surface area contributed by atoms with Gasteiger partial charge in [-0.25, -0.2) is 4.98 Å². The fraction of sp³-hybridized carbons (Fsp3) is 0.750. The van der Waals surface area contributed by atoms with Crippen molar-refractivity contribution in [2.75, 3.05) is 19.5 Å². The molecule has 0 amide bonds. The molecule has 0 radical (unpaired) electrons. The molecule has 0 saturated heterocycles. The van der Waals surface area contributed by atoms with Crippen LogP contribution in [0.2, 0.25) is 0 Å². The topological polar surface area (TPSA) is 53.1 Å². The van der Waals surface area contributed by atoms with Crippen LogP contribution in [0.25, 0.3) is 0 Å². The minimum atomic E-state index is 0.276. The molecular weight excluding hydrogens is 202 g/mol. The Morgan fingerprint density at radius 3 is 3.06 bits per heavy atom. The molecule has 1 aromatic heterocycles. The number of anilines is 1. The Hall–Kier alpha value is -1.03. The molecule has 0 aliphatic carbocycles. The van der Waals surface area contributed by atoms with E-state index >= 15 is 0 Å². The van der Waals surface area contributed by atoms with Crippen LogP contribution in [0.15, 0.2) is 0 Å². The zero-order valence-corrected chi connectivity index (χ0v) is 10.4. The molecule has 2 N–H and O–H groups in total. The number of nitrogens with zero attached hydrogens (tertiary/aromatic N) is 2. The summed E-state index contributed by atoms with van der Waals surface area (Å²) in [4.78, 5) is 4.66. The first kappa shape index (κ1) is 11.5. The smallest absolute Gasteiger partial charge is 0.127 e. The number of nitrogen functional groups attached to an aromatic ring is 1. The Labute approximate surface area is 96.8 Å². The molecule has 2 unspecified atom stereocenters. The number of hydrogen-bond acceptors (Lipinski definition) is 3. The first-order chi connectivity index (χ1) is 7.63. The lowest BCUT2D eigenvalue weighted by atomic mass is 10.0. The Balaban J connectivity index is 2.28. The van der Waals surface area contributed by atoms with Crippen molar-refractivity contribution in [1.29, 1.82) is 0 Å². The van der Waals surface area contributed by atoms with Gasteiger partial charge in [0.1, 0.15) is 11.6 Å². The number of ether oxygens (including phenoxy) is 1. The normalized spacial score (nSPS) is 21.8. The van der Waals surface area contributed by atoms with Crippen LogP contribution in [-0.2, 0) is 17.7 Å². The van der Waals surface area contributed by atoms with Gasteiger partial charge in [0.05, 0.1) is 12.3 Å². The van der Waals surface area contributed by atoms with Crippen molar-refractivity contribution in [2.24, 2.45) is 5.92 Å². The van der Waals surface area contributed by atoms with Crippen LogP contribution in [0.4, 0.5) is 5.82 Å². The van der Waals surface area contributed by atoms with Crippen LogP contribution in [-0.4, -0.2) is 23.3 Å². The van der Waals surface area contributed by atoms with Gasteiger partial charge >= 0.3 is 0 Å². The summed E-state index contributed by atoms with van der Waals surface area (Å²) in [6.07, 6.45) is 2.26. The number of nitrogens with two attached hydrogens (primary N) is 1. The van der Waals surface area contributed by atoms with Crippen LogP contribution in [0, 0.1) is 5.92 Å². The highest BCUT2D eigenvalue weighted by Crippen LogP contribution is 2.28. The summed E-state index contributed by atoms with van der Waals surface area (Å²) in [5, 5.41) is 0. The summed E-state index contributed by atoms with van der Waals surface area (Å²) in [6.45, 7) is 6.06. The number of methoxy groups -OCH3 is 1. The van der Waals surface area contributed by atoms with Gasteiger partial charge in [0.2, 0.25) is 0 Å². The number of hydrogen-bond donors (Lipinski definition) is 1. The third-order valence-electron chi connectivity index (χ3n) is 3.35. The van der Waals surface area contributed by atoms with E-state index in [1.165, 1.54) is 6.42 Å². The molecule has 4 heteroatoms. The average molecular weight is 223 g/mol. The van der Waals surface area contributed by atoms with Gasteiger partial charge in [0.25, 0.3) is 0 Å². The van der Waals surface area contributed by atoms with E-state index in [9.17, 15) is 0 Å². The molecule has 0 aromatic carbocycles. The number of fused-ring (bicyclic) bond motifs is 1. The highest BCUT2D eigenvalue weighted by atomic mass is 16.5. The van der Waals surface area contributed by atoms with E-state index in [1.807, 2.05) is 0 Å². The summed E-state index contributed by atoms with van der Waals surface area (Å²) in [6, 6.07) is 0. The van der Waals surface area contributed by atoms with Crippen LogP contribution >= 0.6 is 0 Å². The SMILES string of the molecule is COCC(C)c1nc2n(c1N)CC(C)CC2. The first-order valence-electron chi connectivity index (χ1n) is 5.97. The van der Waals surface area contributed by atoms with Gasteiger partial charge in [-0.3, -0.25) is 0 Å². The first-order valence-corrected chi connectivity index (χ1v) is 5.97. The number of aromatic nitrogens is 2. The van der Waals surface area contributed by atoms with E-state index in [4.69, 9.17) is 10.5 Å². The van der Waals surface area contributed by atoms with E-state index in [1.54, 1.807) is 7.11 Å². The van der Waals surface area contributed by atoms with Crippen LogP contribution < -0.4 is 5.73 Å². The molecule has 0 saturated carbocycles. The fourth-order valence-corrected chi connectivity index (χ4v) is 2.40. The van der Waals surface area contributed by atoms with E-state index < -0.39 is 0 Å². The number of imidazole rings is 1. The molecular formula is C12H21N3O. The highest BCUT2D eigenvalue weighted by Gasteiger charge is 2.23. The molecule has 0 bridgehead atoms. The number of aryl methyl sites for hydroxylation is 1. The van der Waals surface area contributed by atoms with E-state index in [0.29, 0.717) is 12.5 Å². The molecule has 90 valence electrons. The third-order valence-corrected chi connectivity index (χ3v) is 3.35. The predicted octanol–water partition coefficient (Wildman–Crippen LogP) is 1.80. The zero-order valence-electron chi connectivity index (χ0n) is 10.4. The van der Waals surface area contributed by atoms with Crippen molar-refractivity contribution in [3.05, 3.63) is 11.5 Å².